The van der Waals surface area contributed by atoms with Gasteiger partial charge >= 0.3 is 0 Å². The number of aromatic nitrogens is 1. The fourth-order valence-electron chi connectivity index (χ4n) is 3.09. The van der Waals surface area contributed by atoms with E-state index in [1.54, 1.807) is 13.0 Å². The molecule has 1 aromatic heterocycles. The second-order valence-electron chi connectivity index (χ2n) is 6.94. The van der Waals surface area contributed by atoms with E-state index in [-0.39, 0.29) is 18.4 Å². The van der Waals surface area contributed by atoms with E-state index in [1.807, 2.05) is 34.1 Å². The van der Waals surface area contributed by atoms with Crippen molar-refractivity contribution in [2.24, 2.45) is 0 Å². The van der Waals surface area contributed by atoms with Crippen molar-refractivity contribution >= 4 is 33.6 Å². The van der Waals surface area contributed by atoms with Gasteiger partial charge in [0.15, 0.2) is 5.82 Å². The van der Waals surface area contributed by atoms with Gasteiger partial charge in [-0.1, -0.05) is 27.2 Å². The minimum Gasteiger partial charge on any atom is -0.494 e. The molecule has 1 saturated heterocycles. The highest BCUT2D eigenvalue weighted by Gasteiger charge is 2.22. The van der Waals surface area contributed by atoms with Gasteiger partial charge in [0.2, 0.25) is 11.8 Å². The van der Waals surface area contributed by atoms with E-state index in [0.717, 1.165) is 10.2 Å². The Bertz CT molecular complexity index is 833. The van der Waals surface area contributed by atoms with E-state index in [9.17, 15) is 9.59 Å². The number of amides is 2. The Kier molecular flexibility index (Phi) is 7.65. The van der Waals surface area contributed by atoms with Gasteiger partial charge in [0.25, 0.3) is 0 Å². The number of nitrogens with one attached hydrogen (secondary N) is 1. The van der Waals surface area contributed by atoms with Crippen LogP contribution < -0.4 is 10.1 Å². The van der Waals surface area contributed by atoms with E-state index in [2.05, 4.69) is 26.4 Å². The van der Waals surface area contributed by atoms with Crippen LogP contribution >= 0.6 is 15.9 Å². The van der Waals surface area contributed by atoms with Crippen molar-refractivity contribution in [2.45, 2.75) is 19.8 Å². The molecule has 0 unspecified atom stereocenters. The number of halogens is 1. The lowest BCUT2D eigenvalue weighted by Crippen LogP contribution is -2.50. The maximum Gasteiger partial charge on any atom is 0.239 e. The third-order valence-corrected chi connectivity index (χ3v) is 5.08. The number of hydrogen-bond acceptors (Lipinski definition) is 6. The summed E-state index contributed by atoms with van der Waals surface area (Å²) in [4.78, 5) is 28.4. The van der Waals surface area contributed by atoms with Crippen LogP contribution in [0.25, 0.3) is 0 Å². The first-order valence-corrected chi connectivity index (χ1v) is 10.4. The van der Waals surface area contributed by atoms with Gasteiger partial charge in [-0.15, -0.1) is 0 Å². The molecular formula is C20H25BrN4O4. The summed E-state index contributed by atoms with van der Waals surface area (Å²) < 4.78 is 11.6. The number of aryl methyl sites for hydroxylation is 1. The van der Waals surface area contributed by atoms with Gasteiger partial charge in [0.05, 0.1) is 13.2 Å². The third kappa shape index (κ3) is 6.86. The molecule has 1 fully saturated rings. The summed E-state index contributed by atoms with van der Waals surface area (Å²) in [6.45, 7) is 5.14. The summed E-state index contributed by atoms with van der Waals surface area (Å²) in [5.74, 6) is 1.85. The molecule has 0 bridgehead atoms. The average Bonchev–Trinajstić information content (AvgIpc) is 3.10. The summed E-state index contributed by atoms with van der Waals surface area (Å²) in [6.07, 6.45) is 1.13. The highest BCUT2D eigenvalue weighted by molar-refractivity contribution is 9.10. The van der Waals surface area contributed by atoms with Gasteiger partial charge in [0, 0.05) is 43.1 Å². The first kappa shape index (κ1) is 21.3. The molecule has 1 aliphatic rings. The molecule has 0 aliphatic carbocycles. The predicted molar refractivity (Wildman–Crippen MR) is 112 cm³/mol. The summed E-state index contributed by atoms with van der Waals surface area (Å²) in [5.41, 5.74) is 0. The summed E-state index contributed by atoms with van der Waals surface area (Å²) in [6, 6.07) is 9.33. The lowest BCUT2D eigenvalue weighted by molar-refractivity contribution is -0.133. The lowest BCUT2D eigenvalue weighted by atomic mass is 10.2. The van der Waals surface area contributed by atoms with Gasteiger partial charge in [0.1, 0.15) is 11.5 Å². The quantitative estimate of drug-likeness (QED) is 0.604. The molecule has 0 atom stereocenters. The number of benzene rings is 1. The number of anilines is 1. The number of carbonyl (C=O) groups is 2. The zero-order valence-electron chi connectivity index (χ0n) is 16.4. The molecule has 2 amide bonds. The van der Waals surface area contributed by atoms with Crippen molar-refractivity contribution in [3.63, 3.8) is 0 Å². The smallest absolute Gasteiger partial charge is 0.239 e. The maximum absolute atomic E-state index is 12.4. The van der Waals surface area contributed by atoms with Crippen molar-refractivity contribution < 1.29 is 18.8 Å². The largest absolute Gasteiger partial charge is 0.494 e. The van der Waals surface area contributed by atoms with Crippen LogP contribution in [0.5, 0.6) is 5.75 Å². The Morgan fingerprint density at radius 3 is 2.72 bits per heavy atom. The van der Waals surface area contributed by atoms with Crippen molar-refractivity contribution in [1.29, 1.82) is 0 Å². The molecule has 2 aromatic rings. The molecule has 1 aromatic carbocycles. The first-order chi connectivity index (χ1) is 14.0. The fraction of sp³-hybridized carbons (Fsp3) is 0.450. The molecule has 156 valence electrons. The van der Waals surface area contributed by atoms with Crippen LogP contribution in [0.4, 0.5) is 5.82 Å². The average molecular weight is 465 g/mol. The second kappa shape index (κ2) is 10.4. The molecule has 0 radical (unpaired) electrons. The predicted octanol–water partition coefficient (Wildman–Crippen LogP) is 2.69. The molecule has 0 spiro atoms. The minimum absolute atomic E-state index is 0.130. The van der Waals surface area contributed by atoms with E-state index < -0.39 is 0 Å². The molecular weight excluding hydrogens is 440 g/mol. The van der Waals surface area contributed by atoms with Crippen LogP contribution in [0.3, 0.4) is 0 Å². The minimum atomic E-state index is -0.136. The summed E-state index contributed by atoms with van der Waals surface area (Å²) >= 11 is 3.41. The van der Waals surface area contributed by atoms with Crippen molar-refractivity contribution in [3.05, 3.63) is 40.6 Å². The van der Waals surface area contributed by atoms with E-state index in [4.69, 9.17) is 9.26 Å². The van der Waals surface area contributed by atoms with Crippen LogP contribution in [-0.4, -0.2) is 66.1 Å². The Hall–Kier alpha value is -2.39. The Morgan fingerprint density at radius 2 is 2.03 bits per heavy atom. The van der Waals surface area contributed by atoms with Crippen LogP contribution in [0.2, 0.25) is 0 Å². The Labute approximate surface area is 178 Å². The topological polar surface area (TPSA) is 87.9 Å². The van der Waals surface area contributed by atoms with Crippen LogP contribution in [-0.2, 0) is 9.59 Å². The van der Waals surface area contributed by atoms with Gasteiger partial charge in [-0.25, -0.2) is 0 Å². The normalized spacial score (nSPS) is 14.6. The molecule has 2 heterocycles. The molecule has 1 aliphatic heterocycles. The Morgan fingerprint density at radius 1 is 1.24 bits per heavy atom. The number of rotatable bonds is 8. The highest BCUT2D eigenvalue weighted by atomic mass is 79.9. The number of nitrogens with zero attached hydrogens (tertiary/aromatic N) is 3. The number of hydrogen-bond donors (Lipinski definition) is 1. The van der Waals surface area contributed by atoms with Gasteiger partial charge < -0.3 is 19.5 Å². The van der Waals surface area contributed by atoms with Gasteiger partial charge in [-0.3, -0.25) is 14.5 Å². The van der Waals surface area contributed by atoms with Gasteiger partial charge in [-0.2, -0.15) is 0 Å². The van der Waals surface area contributed by atoms with Crippen molar-refractivity contribution in [1.82, 2.24) is 15.0 Å². The molecule has 9 heteroatoms. The zero-order valence-corrected chi connectivity index (χ0v) is 18.0. The fourth-order valence-corrected chi connectivity index (χ4v) is 3.47. The zero-order chi connectivity index (χ0) is 20.6. The standard InChI is InChI=1S/C20H25BrN4O4/c1-15-12-18(23-29-15)22-19(26)14-24-7-9-25(10-8-24)20(27)6-3-11-28-17-5-2-4-16(21)13-17/h2,4-5,12-13H,3,6-11,14H2,1H3,(H,22,23,26). The van der Waals surface area contributed by atoms with E-state index in [1.165, 1.54) is 0 Å². The molecule has 29 heavy (non-hydrogen) atoms. The highest BCUT2D eigenvalue weighted by Crippen LogP contribution is 2.18. The lowest BCUT2D eigenvalue weighted by Gasteiger charge is -2.34. The second-order valence-corrected chi connectivity index (χ2v) is 7.85. The third-order valence-electron chi connectivity index (χ3n) is 4.59. The van der Waals surface area contributed by atoms with E-state index in [0.29, 0.717) is 57.2 Å². The number of piperazine rings is 1. The molecule has 1 N–H and O–H groups in total. The maximum atomic E-state index is 12.4. The SMILES string of the molecule is Cc1cc(NC(=O)CN2CCN(C(=O)CCCOc3cccc(Br)c3)CC2)no1. The van der Waals surface area contributed by atoms with Gasteiger partial charge in [-0.05, 0) is 31.5 Å². The van der Waals surface area contributed by atoms with E-state index >= 15 is 0 Å². The Balaban J connectivity index is 1.31. The van der Waals surface area contributed by atoms with Crippen molar-refractivity contribution in [3.8, 4) is 5.75 Å². The summed E-state index contributed by atoms with van der Waals surface area (Å²) in [5, 5.41) is 6.46. The van der Waals surface area contributed by atoms with Crippen LogP contribution in [0, 0.1) is 6.92 Å². The van der Waals surface area contributed by atoms with Crippen LogP contribution in [0.15, 0.2) is 39.3 Å². The number of carbonyl (C=O) groups excluding carboxylic acids is 2. The molecule has 0 saturated carbocycles. The molecule has 8 nitrogen and oxygen atoms in total. The van der Waals surface area contributed by atoms with Crippen LogP contribution in [0.1, 0.15) is 18.6 Å². The number of ether oxygens (including phenoxy) is 1. The summed E-state index contributed by atoms with van der Waals surface area (Å²) in [7, 11) is 0. The molecule has 3 rings (SSSR count). The van der Waals surface area contributed by atoms with Crippen molar-refractivity contribution in [2.75, 3.05) is 44.6 Å². The monoisotopic (exact) mass is 464 g/mol. The first-order valence-electron chi connectivity index (χ1n) is 9.61.